The minimum Gasteiger partial charge on any atom is -0.434 e. The van der Waals surface area contributed by atoms with Crippen LogP contribution in [0.3, 0.4) is 0 Å². The second-order valence-corrected chi connectivity index (χ2v) is 4.81. The summed E-state index contributed by atoms with van der Waals surface area (Å²) in [5, 5.41) is 9.26. The Kier molecular flexibility index (Phi) is 5.04. The van der Waals surface area contributed by atoms with Gasteiger partial charge in [0, 0.05) is 17.6 Å². The number of para-hydroxylation sites is 1. The molecule has 0 aromatic heterocycles. The van der Waals surface area contributed by atoms with E-state index in [9.17, 15) is 13.9 Å². The molecule has 0 atom stereocenters. The van der Waals surface area contributed by atoms with Gasteiger partial charge in [-0.05, 0) is 27.0 Å². The molecule has 0 unspecified atom stereocenters. The minimum absolute atomic E-state index is 0.0125. The van der Waals surface area contributed by atoms with Crippen LogP contribution in [0.5, 0.6) is 5.75 Å². The third-order valence-electron chi connectivity index (χ3n) is 3.02. The molecule has 1 aromatic carbocycles. The van der Waals surface area contributed by atoms with Crippen molar-refractivity contribution in [3.05, 3.63) is 29.8 Å². The molecule has 1 aromatic rings. The Morgan fingerprint density at radius 3 is 2.50 bits per heavy atom. The molecule has 0 aliphatic heterocycles. The third kappa shape index (κ3) is 3.92. The van der Waals surface area contributed by atoms with E-state index in [-0.39, 0.29) is 12.4 Å². The van der Waals surface area contributed by atoms with Gasteiger partial charge in [-0.2, -0.15) is 8.78 Å². The monoisotopic (exact) mass is 259 g/mol. The van der Waals surface area contributed by atoms with Gasteiger partial charge in [0.05, 0.1) is 6.61 Å². The Balaban J connectivity index is 2.84. The van der Waals surface area contributed by atoms with Crippen LogP contribution >= 0.6 is 0 Å². The number of halogens is 2. The lowest BCUT2D eigenvalue weighted by atomic mass is 10.0. The summed E-state index contributed by atoms with van der Waals surface area (Å²) < 4.78 is 29.0. The molecule has 1 N–H and O–H groups in total. The first kappa shape index (κ1) is 14.9. The standard InChI is InChI=1S/C13H19F2NO2/c1-13(2,9-17)16(3)8-10-6-4-5-7-11(10)18-12(14)15/h4-7,12,17H,8-9H2,1-3H3. The van der Waals surface area contributed by atoms with Gasteiger partial charge in [0.25, 0.3) is 0 Å². The summed E-state index contributed by atoms with van der Waals surface area (Å²) in [6.07, 6.45) is 0. The Morgan fingerprint density at radius 2 is 1.94 bits per heavy atom. The maximum Gasteiger partial charge on any atom is 0.387 e. The molecular formula is C13H19F2NO2. The average Bonchev–Trinajstić information content (AvgIpc) is 2.31. The van der Waals surface area contributed by atoms with Gasteiger partial charge in [0.1, 0.15) is 5.75 Å². The molecule has 0 spiro atoms. The fourth-order valence-corrected chi connectivity index (χ4v) is 1.44. The first-order valence-corrected chi connectivity index (χ1v) is 5.71. The van der Waals surface area contributed by atoms with E-state index in [0.717, 1.165) is 0 Å². The predicted molar refractivity (Wildman–Crippen MR) is 65.7 cm³/mol. The highest BCUT2D eigenvalue weighted by atomic mass is 19.3. The van der Waals surface area contributed by atoms with Crippen LogP contribution in [-0.2, 0) is 6.54 Å². The van der Waals surface area contributed by atoms with Crippen LogP contribution in [0.1, 0.15) is 19.4 Å². The van der Waals surface area contributed by atoms with E-state index in [0.29, 0.717) is 12.1 Å². The number of aliphatic hydroxyl groups is 1. The molecule has 0 radical (unpaired) electrons. The summed E-state index contributed by atoms with van der Waals surface area (Å²) in [7, 11) is 1.83. The minimum atomic E-state index is -2.83. The van der Waals surface area contributed by atoms with Crippen LogP contribution < -0.4 is 4.74 Å². The number of ether oxygens (including phenoxy) is 1. The second kappa shape index (κ2) is 6.11. The van der Waals surface area contributed by atoms with Crippen molar-refractivity contribution in [3.63, 3.8) is 0 Å². The van der Waals surface area contributed by atoms with E-state index in [1.807, 2.05) is 25.8 Å². The lowest BCUT2D eigenvalue weighted by Gasteiger charge is -2.34. The molecule has 0 saturated heterocycles. The highest BCUT2D eigenvalue weighted by Gasteiger charge is 2.23. The normalized spacial score (nSPS) is 12.2. The lowest BCUT2D eigenvalue weighted by Crippen LogP contribution is -2.43. The topological polar surface area (TPSA) is 32.7 Å². The SMILES string of the molecule is CN(Cc1ccccc1OC(F)F)C(C)(C)CO. The Hall–Kier alpha value is -1.20. The number of hydrogen-bond donors (Lipinski definition) is 1. The quantitative estimate of drug-likeness (QED) is 0.852. The van der Waals surface area contributed by atoms with Crippen molar-refractivity contribution in [2.75, 3.05) is 13.7 Å². The molecule has 1 rings (SSSR count). The van der Waals surface area contributed by atoms with Crippen molar-refractivity contribution in [2.45, 2.75) is 32.5 Å². The molecule has 3 nitrogen and oxygen atoms in total. The van der Waals surface area contributed by atoms with Crippen molar-refractivity contribution < 1.29 is 18.6 Å². The summed E-state index contributed by atoms with van der Waals surface area (Å²) in [5.41, 5.74) is 0.250. The maximum atomic E-state index is 12.3. The van der Waals surface area contributed by atoms with Crippen molar-refractivity contribution >= 4 is 0 Å². The summed E-state index contributed by atoms with van der Waals surface area (Å²) in [4.78, 5) is 1.89. The third-order valence-corrected chi connectivity index (χ3v) is 3.02. The molecule has 0 amide bonds. The fraction of sp³-hybridized carbons (Fsp3) is 0.538. The van der Waals surface area contributed by atoms with Gasteiger partial charge in [-0.1, -0.05) is 18.2 Å². The van der Waals surface area contributed by atoms with E-state index in [1.165, 1.54) is 6.07 Å². The molecule has 18 heavy (non-hydrogen) atoms. The van der Waals surface area contributed by atoms with Crippen LogP contribution in [0, 0.1) is 0 Å². The van der Waals surface area contributed by atoms with Gasteiger partial charge in [-0.25, -0.2) is 0 Å². The van der Waals surface area contributed by atoms with Gasteiger partial charge in [0.2, 0.25) is 0 Å². The van der Waals surface area contributed by atoms with Crippen molar-refractivity contribution in [1.29, 1.82) is 0 Å². The van der Waals surface area contributed by atoms with Crippen LogP contribution in [-0.4, -0.2) is 35.8 Å². The van der Waals surface area contributed by atoms with E-state index in [4.69, 9.17) is 0 Å². The summed E-state index contributed by atoms with van der Waals surface area (Å²) in [6, 6.07) is 6.68. The number of aliphatic hydroxyl groups excluding tert-OH is 1. The van der Waals surface area contributed by atoms with E-state index < -0.39 is 12.2 Å². The zero-order chi connectivity index (χ0) is 13.8. The van der Waals surface area contributed by atoms with Gasteiger partial charge >= 0.3 is 6.61 Å². The molecule has 0 heterocycles. The molecule has 102 valence electrons. The molecule has 0 bridgehead atoms. The summed E-state index contributed by atoms with van der Waals surface area (Å²) in [6.45, 7) is 1.34. The van der Waals surface area contributed by atoms with Crippen LogP contribution in [0.15, 0.2) is 24.3 Å². The van der Waals surface area contributed by atoms with Crippen LogP contribution in [0.4, 0.5) is 8.78 Å². The molecule has 0 aliphatic carbocycles. The van der Waals surface area contributed by atoms with Gasteiger partial charge in [-0.15, -0.1) is 0 Å². The predicted octanol–water partition coefficient (Wildman–Crippen LogP) is 2.49. The van der Waals surface area contributed by atoms with Crippen LogP contribution in [0.25, 0.3) is 0 Å². The number of benzene rings is 1. The number of alkyl halides is 2. The first-order chi connectivity index (χ1) is 8.36. The van der Waals surface area contributed by atoms with Crippen molar-refractivity contribution in [3.8, 4) is 5.75 Å². The average molecular weight is 259 g/mol. The first-order valence-electron chi connectivity index (χ1n) is 5.71. The Morgan fingerprint density at radius 1 is 1.33 bits per heavy atom. The Labute approximate surface area is 106 Å². The molecular weight excluding hydrogens is 240 g/mol. The van der Waals surface area contributed by atoms with Crippen molar-refractivity contribution in [2.24, 2.45) is 0 Å². The molecule has 0 aliphatic rings. The zero-order valence-corrected chi connectivity index (χ0v) is 10.9. The molecule has 0 saturated carbocycles. The second-order valence-electron chi connectivity index (χ2n) is 4.81. The van der Waals surface area contributed by atoms with Crippen molar-refractivity contribution in [1.82, 2.24) is 4.90 Å². The Bertz CT molecular complexity index is 383. The molecule has 5 heteroatoms. The summed E-state index contributed by atoms with van der Waals surface area (Å²) in [5.74, 6) is 0.174. The van der Waals surface area contributed by atoms with Gasteiger partial charge in [-0.3, -0.25) is 4.90 Å². The van der Waals surface area contributed by atoms with Gasteiger partial charge < -0.3 is 9.84 Å². The van der Waals surface area contributed by atoms with Gasteiger partial charge in [0.15, 0.2) is 0 Å². The van der Waals surface area contributed by atoms with E-state index >= 15 is 0 Å². The lowest BCUT2D eigenvalue weighted by molar-refractivity contribution is -0.0510. The smallest absolute Gasteiger partial charge is 0.387 e. The van der Waals surface area contributed by atoms with E-state index in [2.05, 4.69) is 4.74 Å². The number of rotatable bonds is 6. The number of nitrogens with zero attached hydrogens (tertiary/aromatic N) is 1. The van der Waals surface area contributed by atoms with Crippen LogP contribution in [0.2, 0.25) is 0 Å². The molecule has 0 fully saturated rings. The van der Waals surface area contributed by atoms with E-state index in [1.54, 1.807) is 18.2 Å². The zero-order valence-electron chi connectivity index (χ0n) is 10.9. The maximum absolute atomic E-state index is 12.3. The number of likely N-dealkylation sites (N-methyl/N-ethyl adjacent to an activating group) is 1. The highest BCUT2D eigenvalue weighted by molar-refractivity contribution is 5.33. The highest BCUT2D eigenvalue weighted by Crippen LogP contribution is 2.24. The number of hydrogen-bond acceptors (Lipinski definition) is 3. The fourth-order valence-electron chi connectivity index (χ4n) is 1.44. The largest absolute Gasteiger partial charge is 0.434 e. The summed E-state index contributed by atoms with van der Waals surface area (Å²) >= 11 is 0.